The van der Waals surface area contributed by atoms with Crippen molar-refractivity contribution in [3.63, 3.8) is 0 Å². The van der Waals surface area contributed by atoms with Crippen LogP contribution < -0.4 is 31.4 Å². The van der Waals surface area contributed by atoms with Gasteiger partial charge in [0, 0.05) is 41.6 Å². The number of rotatable bonds is 9. The lowest BCUT2D eigenvalue weighted by molar-refractivity contribution is 0.0865. The highest BCUT2D eigenvalue weighted by atomic mass is 32.3. The molecule has 1 fully saturated rings. The number of nitrogens with one attached hydrogen (secondary N) is 2. The second-order valence-corrected chi connectivity index (χ2v) is 16.5. The monoisotopic (exact) mass is 681 g/mol. The number of carbonyl (C=O) groups excluding carboxylic acids is 1. The van der Waals surface area contributed by atoms with Crippen molar-refractivity contribution in [1.82, 2.24) is 14.7 Å². The van der Waals surface area contributed by atoms with Crippen LogP contribution in [0.1, 0.15) is 93.2 Å². The summed E-state index contributed by atoms with van der Waals surface area (Å²) in [5.74, 6) is 6.36. The van der Waals surface area contributed by atoms with Crippen LogP contribution >= 0.6 is 0 Å². The van der Waals surface area contributed by atoms with Gasteiger partial charge in [0.2, 0.25) is 0 Å². The molecule has 4 rings (SSSR count). The van der Waals surface area contributed by atoms with Gasteiger partial charge in [0.05, 0.1) is 36.4 Å². The highest BCUT2D eigenvalue weighted by molar-refractivity contribution is 7.98. The molecule has 2 aromatic carbocycles. The van der Waals surface area contributed by atoms with Crippen LogP contribution in [-0.2, 0) is 20.0 Å². The predicted octanol–water partition coefficient (Wildman–Crippen LogP) is 6.06. The van der Waals surface area contributed by atoms with Crippen LogP contribution in [0.25, 0.3) is 5.70 Å². The average Bonchev–Trinajstić information content (AvgIpc) is 3.36. The van der Waals surface area contributed by atoms with Gasteiger partial charge in [-0.3, -0.25) is 19.4 Å². The summed E-state index contributed by atoms with van der Waals surface area (Å²) in [6.07, 6.45) is 6.64. The Hall–Kier alpha value is -3.91. The molecule has 2 heterocycles. The third-order valence-electron chi connectivity index (χ3n) is 8.85. The van der Waals surface area contributed by atoms with Gasteiger partial charge in [0.15, 0.2) is 12.0 Å². The van der Waals surface area contributed by atoms with Crippen molar-refractivity contribution in [3.05, 3.63) is 70.7 Å². The number of likely N-dealkylation sites (tertiary alicyclic amines) is 1. The molecule has 1 unspecified atom stereocenters. The van der Waals surface area contributed by atoms with E-state index in [0.29, 0.717) is 34.4 Å². The first-order chi connectivity index (χ1) is 22.2. The summed E-state index contributed by atoms with van der Waals surface area (Å²) in [7, 11) is -1.93. The van der Waals surface area contributed by atoms with Crippen LogP contribution in [0, 0.1) is 13.8 Å². The normalized spacial score (nSPS) is 16.4. The number of benzene rings is 2. The van der Waals surface area contributed by atoms with Crippen molar-refractivity contribution in [2.45, 2.75) is 85.2 Å². The van der Waals surface area contributed by atoms with Gasteiger partial charge >= 0.3 is 10.4 Å². The molecule has 0 bridgehead atoms. The molecule has 1 saturated heterocycles. The first-order valence-corrected chi connectivity index (χ1v) is 18.1. The summed E-state index contributed by atoms with van der Waals surface area (Å²) in [6, 6.07) is 9.08. The molecule has 3 aromatic rings. The first kappa shape index (κ1) is 36.9. The molecule has 262 valence electrons. The molecular weight excluding hydrogens is 629 g/mol. The largest absolute Gasteiger partial charge is 0.492 e. The number of aromatic nitrogens is 2. The maximum Gasteiger partial charge on any atom is 0.307 e. The Morgan fingerprint density at radius 1 is 1.10 bits per heavy atom. The second-order valence-electron chi connectivity index (χ2n) is 14.7. The highest BCUT2D eigenvalue weighted by Gasteiger charge is 2.29. The van der Waals surface area contributed by atoms with Gasteiger partial charge in [0.1, 0.15) is 5.69 Å². The molecule has 0 saturated carbocycles. The van der Waals surface area contributed by atoms with Crippen molar-refractivity contribution < 1.29 is 18.3 Å². The number of nitrogens with zero attached hydrogens (tertiary/aromatic N) is 4. The van der Waals surface area contributed by atoms with Crippen molar-refractivity contribution in [2.75, 3.05) is 41.5 Å². The first-order valence-electron chi connectivity index (χ1n) is 16.1. The minimum Gasteiger partial charge on any atom is -0.492 e. The number of amides is 1. The van der Waals surface area contributed by atoms with Crippen molar-refractivity contribution in [3.8, 4) is 5.75 Å². The van der Waals surface area contributed by atoms with Gasteiger partial charge in [-0.25, -0.2) is 5.84 Å². The molecular formula is C35H53N8O4S+. The number of methoxy groups -OCH3 is 1. The van der Waals surface area contributed by atoms with Gasteiger partial charge in [-0.1, -0.05) is 26.8 Å². The fourth-order valence-electron chi connectivity index (χ4n) is 6.02. The third kappa shape index (κ3) is 8.56. The third-order valence-corrected chi connectivity index (χ3v) is 9.45. The molecule has 1 aromatic heterocycles. The van der Waals surface area contributed by atoms with Gasteiger partial charge in [-0.15, -0.1) is 0 Å². The zero-order chi connectivity index (χ0) is 35.8. The number of hydrazine groups is 1. The quantitative estimate of drug-likeness (QED) is 0.103. The summed E-state index contributed by atoms with van der Waals surface area (Å²) < 4.78 is 32.6. The smallest absolute Gasteiger partial charge is 0.307 e. The maximum absolute atomic E-state index is 13.6. The fraction of sp³-hybridized carbons (Fsp3) is 0.486. The summed E-state index contributed by atoms with van der Waals surface area (Å²) in [4.78, 5) is 16.1. The molecule has 0 aliphatic carbocycles. The van der Waals surface area contributed by atoms with Crippen LogP contribution in [0.2, 0.25) is 0 Å². The van der Waals surface area contributed by atoms with Crippen LogP contribution in [0.4, 0.5) is 17.1 Å². The molecule has 13 heteroatoms. The number of piperidine rings is 1. The lowest BCUT2D eigenvalue weighted by atomic mass is 9.86. The minimum absolute atomic E-state index is 0.149. The van der Waals surface area contributed by atoms with Crippen molar-refractivity contribution >= 4 is 39.1 Å². The second kappa shape index (κ2) is 13.9. The fourth-order valence-corrected chi connectivity index (χ4v) is 6.58. The van der Waals surface area contributed by atoms with Crippen LogP contribution in [0.5, 0.6) is 5.75 Å². The average molecular weight is 682 g/mol. The molecule has 1 amide bonds. The molecule has 48 heavy (non-hydrogen) atoms. The highest BCUT2D eigenvalue weighted by Crippen LogP contribution is 2.40. The van der Waals surface area contributed by atoms with Gasteiger partial charge in [-0.05, 0) is 92.5 Å². The lowest BCUT2D eigenvalue weighted by Gasteiger charge is -2.41. The number of hydrogen-bond acceptors (Lipinski definition) is 8. The van der Waals surface area contributed by atoms with E-state index in [4.69, 9.17) is 21.4 Å². The van der Waals surface area contributed by atoms with E-state index >= 15 is 0 Å². The molecule has 0 spiro atoms. The zero-order valence-electron chi connectivity index (χ0n) is 30.0. The van der Waals surface area contributed by atoms with E-state index in [0.717, 1.165) is 48.3 Å². The molecule has 7 N–H and O–H groups in total. The standard InChI is InChI=1S/C35H52N8O4S/c1-22-11-12-24(33(44)39-29-18-25(34(3,4)5)19-30(32(29)47-9)40-48(10,45)46)17-31(22)42(37)21-28(36)27-20-38-43(23(27)2)26-13-15-41(16-14-26)35(6,7)8/h11-12,17-21,26H,13-16,36-37H2,1-10H3,(H2-,39,40,44,45,46)/p+1/b28-21-. The van der Waals surface area contributed by atoms with E-state index in [-0.39, 0.29) is 16.7 Å². The Balaban J connectivity index is 1.58. The number of carbonyl (C=O) groups is 1. The van der Waals surface area contributed by atoms with E-state index in [1.807, 2.05) is 40.7 Å². The summed E-state index contributed by atoms with van der Waals surface area (Å²) in [6.45, 7) is 18.7. The van der Waals surface area contributed by atoms with Crippen LogP contribution in [-0.4, -0.2) is 57.1 Å². The van der Waals surface area contributed by atoms with Crippen molar-refractivity contribution in [1.29, 1.82) is 0 Å². The Bertz CT molecular complexity index is 1720. The minimum atomic E-state index is -3.37. The van der Waals surface area contributed by atoms with Crippen molar-refractivity contribution in [2.24, 2.45) is 11.6 Å². The number of nitrogens with two attached hydrogens (primary N) is 2. The Morgan fingerprint density at radius 2 is 1.73 bits per heavy atom. The molecule has 1 atom stereocenters. The van der Waals surface area contributed by atoms with Gasteiger partial charge < -0.3 is 15.8 Å². The Labute approximate surface area is 286 Å². The Morgan fingerprint density at radius 3 is 2.29 bits per heavy atom. The van der Waals surface area contributed by atoms with E-state index in [1.165, 1.54) is 18.4 Å². The molecule has 0 radical (unpaired) electrons. The number of hydrogen-bond donors (Lipinski definition) is 5. The predicted molar refractivity (Wildman–Crippen MR) is 196 cm³/mol. The molecule has 1 aliphatic rings. The van der Waals surface area contributed by atoms with E-state index in [9.17, 15) is 13.6 Å². The number of anilines is 3. The van der Waals surface area contributed by atoms with E-state index < -0.39 is 16.3 Å². The number of aryl methyl sites for hydroxylation is 1. The summed E-state index contributed by atoms with van der Waals surface area (Å²) >= 11 is 0. The molecule has 12 nitrogen and oxygen atoms in total. The maximum atomic E-state index is 13.6. The zero-order valence-corrected chi connectivity index (χ0v) is 30.8. The van der Waals surface area contributed by atoms with E-state index in [2.05, 4.69) is 40.4 Å². The Kier molecular flexibility index (Phi) is 10.7. The number of ether oxygens (including phenoxy) is 1. The summed E-state index contributed by atoms with van der Waals surface area (Å²) in [5.41, 5.74) is 11.9. The summed E-state index contributed by atoms with van der Waals surface area (Å²) in [5, 5.41) is 9.05. The van der Waals surface area contributed by atoms with E-state index in [1.54, 1.807) is 36.7 Å². The van der Waals surface area contributed by atoms with Gasteiger partial charge in [0.25, 0.3) is 5.91 Å². The SMILES string of the molecule is COc1c(NC(=O)c2ccc(C)c(N(N)/C=C(\N)c3cnn(C4CCN(C(C)(C)C)CC4)c3C)c2)cc(C(C)(C)C)cc1N[S+](C)(=O)O. The lowest BCUT2D eigenvalue weighted by Crippen LogP contribution is -2.46. The van der Waals surface area contributed by atoms with Gasteiger partial charge in [-0.2, -0.15) is 14.4 Å². The van der Waals surface area contributed by atoms with Crippen LogP contribution in [0.3, 0.4) is 0 Å². The van der Waals surface area contributed by atoms with Crippen LogP contribution in [0.15, 0.2) is 42.7 Å². The topological polar surface area (TPSA) is 164 Å². The molecule has 1 aliphatic heterocycles.